The number of ether oxygens (including phenoxy) is 2. The summed E-state index contributed by atoms with van der Waals surface area (Å²) in [6.45, 7) is 5.90. The minimum absolute atomic E-state index is 0.000349. The molecule has 51 heavy (non-hydrogen) atoms. The number of amides is 2. The van der Waals surface area contributed by atoms with Gasteiger partial charge in [0.2, 0.25) is 5.91 Å². The highest BCUT2D eigenvalue weighted by Crippen LogP contribution is 2.47. The Kier molecular flexibility index (Phi) is 9.38. The van der Waals surface area contributed by atoms with Crippen LogP contribution in [0.25, 0.3) is 43.9 Å². The summed E-state index contributed by atoms with van der Waals surface area (Å²) in [5.74, 6) is -2.41. The van der Waals surface area contributed by atoms with E-state index in [2.05, 4.69) is 6.58 Å². The van der Waals surface area contributed by atoms with Gasteiger partial charge in [0.05, 0.1) is 49.2 Å². The Morgan fingerprint density at radius 1 is 1.00 bits per heavy atom. The van der Waals surface area contributed by atoms with Crippen LogP contribution in [0, 0.1) is 11.6 Å². The number of aromatic nitrogens is 3. The summed E-state index contributed by atoms with van der Waals surface area (Å²) >= 11 is 1.33. The predicted octanol–water partition coefficient (Wildman–Crippen LogP) is 7.02. The number of carbonyl (C=O) groups is 2. The number of hydrogen-bond acceptors (Lipinski definition) is 7. The number of pyridine rings is 1. The summed E-state index contributed by atoms with van der Waals surface area (Å²) < 4.78 is 71.8. The molecule has 2 aliphatic heterocycles. The van der Waals surface area contributed by atoms with E-state index in [9.17, 15) is 22.8 Å². The molecule has 2 aromatic carbocycles. The Bertz CT molecular complexity index is 2140. The van der Waals surface area contributed by atoms with Gasteiger partial charge in [-0.05, 0) is 42.6 Å². The van der Waals surface area contributed by atoms with Crippen LogP contribution >= 0.6 is 11.3 Å². The van der Waals surface area contributed by atoms with Gasteiger partial charge in [0, 0.05) is 52.6 Å². The molecule has 9 nitrogen and oxygen atoms in total. The van der Waals surface area contributed by atoms with Crippen molar-refractivity contribution in [3.05, 3.63) is 89.5 Å². The van der Waals surface area contributed by atoms with Crippen LogP contribution in [0.1, 0.15) is 29.0 Å². The molecule has 1 saturated heterocycles. The number of alkyl halides is 2. The molecule has 5 aromatic rings. The lowest BCUT2D eigenvalue weighted by Crippen LogP contribution is -2.40. The second-order valence-electron chi connectivity index (χ2n) is 12.4. The summed E-state index contributed by atoms with van der Waals surface area (Å²) in [5.41, 5.74) is 3.15. The zero-order valence-electron chi connectivity index (χ0n) is 27.7. The van der Waals surface area contributed by atoms with E-state index in [1.54, 1.807) is 33.8 Å². The second kappa shape index (κ2) is 13.9. The topological polar surface area (TPSA) is 89.8 Å². The van der Waals surface area contributed by atoms with E-state index in [4.69, 9.17) is 19.6 Å². The lowest BCUT2D eigenvalue weighted by Gasteiger charge is -2.33. The molecule has 3 atom stereocenters. The van der Waals surface area contributed by atoms with E-state index in [1.165, 1.54) is 24.5 Å². The SMILES string of the molecule is C=CC(=O)N1CCn2nc(-c3nc(-c4ccc(C(=O)N5CC(F)C(F)C5)cc4)c4ccsc4c3-c3c(F)cc(F)cc3OCCOC)cc2C1C. The Labute approximate surface area is 294 Å². The molecule has 3 unspecified atom stereocenters. The van der Waals surface area contributed by atoms with Crippen LogP contribution in [-0.2, 0) is 16.1 Å². The highest BCUT2D eigenvalue weighted by molar-refractivity contribution is 7.18. The molecule has 3 aromatic heterocycles. The quantitative estimate of drug-likeness (QED) is 0.0925. The van der Waals surface area contributed by atoms with Gasteiger partial charge in [0.1, 0.15) is 35.4 Å². The molecule has 2 aliphatic rings. The van der Waals surface area contributed by atoms with E-state index >= 15 is 4.39 Å². The van der Waals surface area contributed by atoms with Crippen molar-refractivity contribution in [2.75, 3.05) is 40.0 Å². The number of thiophene rings is 1. The van der Waals surface area contributed by atoms with Crippen molar-refractivity contribution in [1.82, 2.24) is 24.6 Å². The third-order valence-electron chi connectivity index (χ3n) is 9.26. The fourth-order valence-corrected chi connectivity index (χ4v) is 7.63. The van der Waals surface area contributed by atoms with Gasteiger partial charge in [-0.2, -0.15) is 5.10 Å². The van der Waals surface area contributed by atoms with E-state index in [0.29, 0.717) is 45.7 Å². The summed E-state index contributed by atoms with van der Waals surface area (Å²) in [7, 11) is 1.49. The fraction of sp³-hybridized carbons (Fsp3) is 0.297. The molecular formula is C37H33F4N5O4S. The molecule has 5 heterocycles. The van der Waals surface area contributed by atoms with E-state index < -0.39 is 29.9 Å². The van der Waals surface area contributed by atoms with E-state index in [0.717, 1.165) is 22.7 Å². The summed E-state index contributed by atoms with van der Waals surface area (Å²) in [5, 5.41) is 7.37. The number of hydrogen-bond donors (Lipinski definition) is 0. The molecule has 2 amide bonds. The molecular weight excluding hydrogens is 686 g/mol. The lowest BCUT2D eigenvalue weighted by atomic mass is 9.96. The second-order valence-corrected chi connectivity index (χ2v) is 13.3. The number of nitrogens with zero attached hydrogens (tertiary/aromatic N) is 5. The van der Waals surface area contributed by atoms with Crippen molar-refractivity contribution in [2.24, 2.45) is 0 Å². The Morgan fingerprint density at radius 3 is 2.45 bits per heavy atom. The minimum Gasteiger partial charge on any atom is -0.490 e. The van der Waals surface area contributed by atoms with Crippen molar-refractivity contribution in [1.29, 1.82) is 0 Å². The fourth-order valence-electron chi connectivity index (χ4n) is 6.68. The summed E-state index contributed by atoms with van der Waals surface area (Å²) in [6, 6.07) is 11.8. The van der Waals surface area contributed by atoms with Gasteiger partial charge in [0.25, 0.3) is 5.91 Å². The number of benzene rings is 2. The van der Waals surface area contributed by atoms with Gasteiger partial charge in [-0.3, -0.25) is 14.3 Å². The number of fused-ring (bicyclic) bond motifs is 2. The standard InChI is InChI=1S/C37H33F4N5O4S/c1-4-31(47)45-10-11-46-29(20(45)2)17-28(43-46)35-33(32-25(39)15-23(38)16-30(32)50-13-12-49-3)36-24(9-14-51-36)34(42-35)21-5-7-22(8-6-21)37(48)44-18-26(40)27(41)19-44/h4-9,14-17,20,26-27H,1,10-13,18-19H2,2-3H3. The Morgan fingerprint density at radius 2 is 1.75 bits per heavy atom. The molecule has 7 rings (SSSR count). The molecule has 0 saturated carbocycles. The number of likely N-dealkylation sites (tertiary alicyclic amines) is 1. The van der Waals surface area contributed by atoms with Crippen LogP contribution in [0.4, 0.5) is 17.6 Å². The zero-order chi connectivity index (χ0) is 36.0. The van der Waals surface area contributed by atoms with Gasteiger partial charge in [0.15, 0.2) is 12.3 Å². The average Bonchev–Trinajstić information content (AvgIpc) is 3.87. The first kappa shape index (κ1) is 34.4. The van der Waals surface area contributed by atoms with Crippen molar-refractivity contribution >= 4 is 33.2 Å². The first-order valence-corrected chi connectivity index (χ1v) is 17.2. The van der Waals surface area contributed by atoms with Gasteiger partial charge in [-0.25, -0.2) is 22.5 Å². The van der Waals surface area contributed by atoms with E-state index in [1.807, 2.05) is 24.4 Å². The van der Waals surface area contributed by atoms with Crippen LogP contribution in [-0.4, -0.2) is 88.7 Å². The molecule has 0 bridgehead atoms. The number of rotatable bonds is 9. The number of carbonyl (C=O) groups excluding carboxylic acids is 2. The highest BCUT2D eigenvalue weighted by Gasteiger charge is 2.36. The number of methoxy groups -OCH3 is 1. The minimum atomic E-state index is -1.72. The molecule has 0 N–H and O–H groups in total. The zero-order valence-corrected chi connectivity index (χ0v) is 28.6. The monoisotopic (exact) mass is 719 g/mol. The van der Waals surface area contributed by atoms with Crippen LogP contribution in [0.5, 0.6) is 5.75 Å². The van der Waals surface area contributed by atoms with Crippen LogP contribution in [0.3, 0.4) is 0 Å². The lowest BCUT2D eigenvalue weighted by molar-refractivity contribution is -0.129. The maximum atomic E-state index is 16.1. The molecule has 264 valence electrons. The first-order valence-electron chi connectivity index (χ1n) is 16.3. The maximum Gasteiger partial charge on any atom is 0.254 e. The smallest absolute Gasteiger partial charge is 0.254 e. The highest BCUT2D eigenvalue weighted by atomic mass is 32.1. The summed E-state index contributed by atoms with van der Waals surface area (Å²) in [4.78, 5) is 33.6. The average molecular weight is 720 g/mol. The van der Waals surface area contributed by atoms with Crippen molar-refractivity contribution in [2.45, 2.75) is 31.9 Å². The molecule has 0 radical (unpaired) electrons. The normalized spacial score (nSPS) is 18.7. The molecule has 1 fully saturated rings. The molecule has 0 aliphatic carbocycles. The van der Waals surface area contributed by atoms with Crippen LogP contribution < -0.4 is 4.74 Å². The van der Waals surface area contributed by atoms with Gasteiger partial charge >= 0.3 is 0 Å². The van der Waals surface area contributed by atoms with Gasteiger partial charge in [-0.15, -0.1) is 11.3 Å². The third-order valence-corrected chi connectivity index (χ3v) is 10.2. The predicted molar refractivity (Wildman–Crippen MR) is 185 cm³/mol. The van der Waals surface area contributed by atoms with Crippen molar-refractivity contribution in [3.63, 3.8) is 0 Å². The Balaban J connectivity index is 1.40. The van der Waals surface area contributed by atoms with Crippen molar-refractivity contribution < 1.29 is 36.6 Å². The Hall–Kier alpha value is -5.08. The van der Waals surface area contributed by atoms with Gasteiger partial charge in [-0.1, -0.05) is 18.7 Å². The number of halogens is 4. The van der Waals surface area contributed by atoms with E-state index in [-0.39, 0.29) is 60.8 Å². The van der Waals surface area contributed by atoms with Gasteiger partial charge < -0.3 is 19.3 Å². The summed E-state index contributed by atoms with van der Waals surface area (Å²) in [6.07, 6.45) is -2.18. The van der Waals surface area contributed by atoms with Crippen LogP contribution in [0.15, 0.2) is 66.6 Å². The molecule has 14 heteroatoms. The third kappa shape index (κ3) is 6.27. The van der Waals surface area contributed by atoms with Crippen molar-refractivity contribution in [3.8, 4) is 39.5 Å². The maximum absolute atomic E-state index is 16.1. The first-order chi connectivity index (χ1) is 24.6. The molecule has 0 spiro atoms. The largest absolute Gasteiger partial charge is 0.490 e. The van der Waals surface area contributed by atoms with Crippen LogP contribution in [0.2, 0.25) is 0 Å².